The Morgan fingerprint density at radius 3 is 2.33 bits per heavy atom. The van der Waals surface area contributed by atoms with Crippen LogP contribution in [0.1, 0.15) is 92.0 Å². The van der Waals surface area contributed by atoms with Gasteiger partial charge in [0, 0.05) is 35.7 Å². The number of benzene rings is 2. The van der Waals surface area contributed by atoms with Gasteiger partial charge in [-0.2, -0.15) is 0 Å². The van der Waals surface area contributed by atoms with Gasteiger partial charge in [0.1, 0.15) is 43.4 Å². The van der Waals surface area contributed by atoms with Crippen molar-refractivity contribution in [3.05, 3.63) is 52.7 Å². The van der Waals surface area contributed by atoms with Gasteiger partial charge in [-0.1, -0.05) is 53.5 Å². The monoisotopic (exact) mass is 798 g/mol. The highest BCUT2D eigenvalue weighted by molar-refractivity contribution is 6.90. The lowest BCUT2D eigenvalue weighted by molar-refractivity contribution is 0.00539. The van der Waals surface area contributed by atoms with Crippen LogP contribution in [0.2, 0.25) is 16.6 Å². The molecule has 2 aromatic carbocycles. The summed E-state index contributed by atoms with van der Waals surface area (Å²) in [5.41, 5.74) is 5.87. The van der Waals surface area contributed by atoms with E-state index in [0.717, 1.165) is 12.8 Å². The van der Waals surface area contributed by atoms with Gasteiger partial charge in [-0.3, -0.25) is 4.90 Å². The molecule has 5 heterocycles. The molecule has 2 aromatic heterocycles. The molecule has 304 valence electrons. The molecular formula is C45H56F2N4O5Si. The number of fused-ring (bicyclic) bond motifs is 6. The number of piperazine rings is 1. The fourth-order valence-electron chi connectivity index (χ4n) is 9.85. The standard InChI is InChI=1S/C45H56F2N4O5Si/c1-24(2)57(25(3)4,26(5)6)18-17-32-34(46)15-13-29-19-31(55-23-53-12)20-33(38(29)32)41-40(47)37-27(7)28(8)48-42-39(37)43(49-41)54-22-36-35-16-14-30(21-50(36)42)51(35)44(52)56-45(9,10)11/h13,15,19-20,24-26,30,35-36H,14,16,21-23H2,1-12H3. The van der Waals surface area contributed by atoms with Gasteiger partial charge in [-0.15, -0.1) is 5.54 Å². The summed E-state index contributed by atoms with van der Waals surface area (Å²) in [6.45, 7) is 23.3. The number of methoxy groups -OCH3 is 1. The number of pyridine rings is 2. The van der Waals surface area contributed by atoms with Crippen molar-refractivity contribution < 1.29 is 32.5 Å². The van der Waals surface area contributed by atoms with Gasteiger partial charge in [-0.05, 0) is 93.2 Å². The van der Waals surface area contributed by atoms with Crippen molar-refractivity contribution in [2.24, 2.45) is 0 Å². The third-order valence-electron chi connectivity index (χ3n) is 12.5. The molecule has 3 unspecified atom stereocenters. The maximum absolute atomic E-state index is 17.8. The second-order valence-electron chi connectivity index (χ2n) is 17.9. The van der Waals surface area contributed by atoms with Crippen LogP contribution in [0.5, 0.6) is 11.6 Å². The number of aryl methyl sites for hydroxylation is 2. The van der Waals surface area contributed by atoms with Crippen LogP contribution < -0.4 is 14.4 Å². The Bertz CT molecular complexity index is 2290. The van der Waals surface area contributed by atoms with Crippen LogP contribution in [0.4, 0.5) is 19.4 Å². The number of hydrogen-bond donors (Lipinski definition) is 0. The number of carbonyl (C=O) groups is 1. The normalized spacial score (nSPS) is 19.2. The van der Waals surface area contributed by atoms with Crippen LogP contribution in [0.25, 0.3) is 32.8 Å². The van der Waals surface area contributed by atoms with Crippen molar-refractivity contribution >= 4 is 41.5 Å². The molecule has 2 bridgehead atoms. The van der Waals surface area contributed by atoms with Crippen LogP contribution in [0, 0.1) is 36.9 Å². The highest BCUT2D eigenvalue weighted by Gasteiger charge is 2.52. The van der Waals surface area contributed by atoms with Crippen molar-refractivity contribution in [3.63, 3.8) is 0 Å². The first-order valence-corrected chi connectivity index (χ1v) is 22.4. The third-order valence-corrected chi connectivity index (χ3v) is 18.8. The fourth-order valence-corrected chi connectivity index (χ4v) is 15.1. The number of ether oxygens (including phenoxy) is 4. The van der Waals surface area contributed by atoms with Gasteiger partial charge < -0.3 is 23.8 Å². The van der Waals surface area contributed by atoms with E-state index in [9.17, 15) is 4.79 Å². The van der Waals surface area contributed by atoms with Gasteiger partial charge in [0.2, 0.25) is 5.88 Å². The summed E-state index contributed by atoms with van der Waals surface area (Å²) in [5, 5.41) is 1.90. The molecule has 3 aliphatic rings. The molecule has 2 saturated heterocycles. The molecular weight excluding hydrogens is 743 g/mol. The molecule has 3 aliphatic heterocycles. The third kappa shape index (κ3) is 6.88. The van der Waals surface area contributed by atoms with Gasteiger partial charge in [0.25, 0.3) is 0 Å². The smallest absolute Gasteiger partial charge is 0.410 e. The quantitative estimate of drug-likeness (QED) is 0.104. The average molecular weight is 799 g/mol. The fraction of sp³-hybridized carbons (Fsp3) is 0.533. The molecule has 1 amide bonds. The zero-order valence-electron chi connectivity index (χ0n) is 35.4. The molecule has 3 atom stereocenters. The maximum Gasteiger partial charge on any atom is 0.410 e. The number of amides is 1. The molecule has 9 nitrogen and oxygen atoms in total. The van der Waals surface area contributed by atoms with E-state index in [-0.39, 0.29) is 54.8 Å². The molecule has 4 aromatic rings. The Hall–Kier alpha value is -4.47. The van der Waals surface area contributed by atoms with E-state index in [1.54, 1.807) is 18.2 Å². The number of nitrogens with zero attached hydrogens (tertiary/aromatic N) is 4. The summed E-state index contributed by atoms with van der Waals surface area (Å²) in [6, 6.07) is 6.00. The minimum absolute atomic E-state index is 0.00414. The van der Waals surface area contributed by atoms with Crippen LogP contribution in [0.3, 0.4) is 0 Å². The SMILES string of the molecule is COCOc1cc(-c2nc3c4c(nc(C)c(C)c4c2F)N2CC4CCC(C2CO3)N4C(=O)OC(C)(C)C)c2c(C#C[Si](C(C)C)(C(C)C)C(C)C)c(F)ccc2c1. The Morgan fingerprint density at radius 1 is 0.982 bits per heavy atom. The zero-order chi connectivity index (χ0) is 41.3. The summed E-state index contributed by atoms with van der Waals surface area (Å²) in [5.74, 6) is 3.52. The predicted molar refractivity (Wildman–Crippen MR) is 224 cm³/mol. The van der Waals surface area contributed by atoms with Gasteiger partial charge in [0.15, 0.2) is 12.6 Å². The number of anilines is 1. The number of rotatable bonds is 7. The Labute approximate surface area is 336 Å². The summed E-state index contributed by atoms with van der Waals surface area (Å²) in [7, 11) is -0.768. The van der Waals surface area contributed by atoms with Crippen LogP contribution in [-0.2, 0) is 9.47 Å². The highest BCUT2D eigenvalue weighted by Crippen LogP contribution is 2.48. The van der Waals surface area contributed by atoms with E-state index in [0.29, 0.717) is 73.1 Å². The molecule has 7 rings (SSSR count). The van der Waals surface area contributed by atoms with Crippen molar-refractivity contribution in [3.8, 4) is 34.4 Å². The summed E-state index contributed by atoms with van der Waals surface area (Å²) in [4.78, 5) is 27.6. The van der Waals surface area contributed by atoms with Crippen molar-refractivity contribution in [2.75, 3.05) is 32.0 Å². The Morgan fingerprint density at radius 2 is 1.68 bits per heavy atom. The van der Waals surface area contributed by atoms with Crippen molar-refractivity contribution in [1.29, 1.82) is 0 Å². The topological polar surface area (TPSA) is 86.3 Å². The predicted octanol–water partition coefficient (Wildman–Crippen LogP) is 10.2. The van der Waals surface area contributed by atoms with E-state index in [1.165, 1.54) is 13.2 Å². The molecule has 12 heteroatoms. The van der Waals surface area contributed by atoms with E-state index < -0.39 is 25.3 Å². The highest BCUT2D eigenvalue weighted by atomic mass is 28.3. The van der Waals surface area contributed by atoms with Gasteiger partial charge in [-0.25, -0.2) is 23.5 Å². The van der Waals surface area contributed by atoms with Gasteiger partial charge in [0.05, 0.1) is 29.1 Å². The summed E-state index contributed by atoms with van der Waals surface area (Å²) < 4.78 is 57.8. The molecule has 2 fully saturated rings. The van der Waals surface area contributed by atoms with Crippen LogP contribution >= 0.6 is 0 Å². The molecule has 0 N–H and O–H groups in total. The van der Waals surface area contributed by atoms with E-state index in [4.69, 9.17) is 28.9 Å². The van der Waals surface area contributed by atoms with E-state index in [2.05, 4.69) is 57.9 Å². The second-order valence-corrected chi connectivity index (χ2v) is 23.5. The molecule has 57 heavy (non-hydrogen) atoms. The lowest BCUT2D eigenvalue weighted by atomic mass is 9.94. The summed E-state index contributed by atoms with van der Waals surface area (Å²) >= 11 is 0. The largest absolute Gasteiger partial charge is 0.475 e. The molecule has 0 aliphatic carbocycles. The average Bonchev–Trinajstić information content (AvgIpc) is 3.37. The first-order valence-electron chi connectivity index (χ1n) is 20.2. The van der Waals surface area contributed by atoms with Crippen LogP contribution in [-0.4, -0.2) is 79.8 Å². The number of halogens is 2. The van der Waals surface area contributed by atoms with Gasteiger partial charge >= 0.3 is 6.09 Å². The second kappa shape index (κ2) is 15.0. The van der Waals surface area contributed by atoms with Crippen molar-refractivity contribution in [1.82, 2.24) is 14.9 Å². The number of hydrogen-bond acceptors (Lipinski definition) is 8. The minimum atomic E-state index is -2.29. The molecule has 0 radical (unpaired) electrons. The van der Waals surface area contributed by atoms with Crippen molar-refractivity contribution in [2.45, 2.75) is 129 Å². The Balaban J connectivity index is 1.46. The first-order chi connectivity index (χ1) is 26.9. The lowest BCUT2D eigenvalue weighted by Crippen LogP contribution is -2.63. The lowest BCUT2D eigenvalue weighted by Gasteiger charge is -2.46. The molecule has 0 spiro atoms. The maximum atomic E-state index is 17.8. The molecule has 0 saturated carbocycles. The summed E-state index contributed by atoms with van der Waals surface area (Å²) in [6.07, 6.45) is 1.25. The Kier molecular flexibility index (Phi) is 10.7. The van der Waals surface area contributed by atoms with E-state index in [1.807, 2.05) is 39.5 Å². The minimum Gasteiger partial charge on any atom is -0.475 e. The van der Waals surface area contributed by atoms with Crippen LogP contribution in [0.15, 0.2) is 24.3 Å². The van der Waals surface area contributed by atoms with E-state index >= 15 is 8.78 Å². The number of aromatic nitrogens is 2. The first kappa shape index (κ1) is 40.7. The number of carbonyl (C=O) groups excluding carboxylic acids is 1. The zero-order valence-corrected chi connectivity index (χ0v) is 36.4.